The highest BCUT2D eigenvalue weighted by molar-refractivity contribution is 5.29. The lowest BCUT2D eigenvalue weighted by Gasteiger charge is -2.02. The molecule has 0 aromatic carbocycles. The molecule has 66 valence electrons. The van der Waals surface area contributed by atoms with Crippen molar-refractivity contribution in [3.05, 3.63) is 23.9 Å². The smallest absolute Gasteiger partial charge is 0.123 e. The number of pyridine rings is 1. The van der Waals surface area contributed by atoms with Gasteiger partial charge < -0.3 is 11.1 Å². The molecule has 0 saturated heterocycles. The van der Waals surface area contributed by atoms with Crippen LogP contribution in [0, 0.1) is 0 Å². The molecule has 1 aromatic rings. The van der Waals surface area contributed by atoms with E-state index >= 15 is 0 Å². The van der Waals surface area contributed by atoms with Gasteiger partial charge in [-0.25, -0.2) is 4.98 Å². The fraction of sp³-hybridized carbons (Fsp3) is 0.444. The van der Waals surface area contributed by atoms with Crippen LogP contribution in [0.3, 0.4) is 0 Å². The summed E-state index contributed by atoms with van der Waals surface area (Å²) in [6, 6.07) is 3.81. The molecule has 0 spiro atoms. The molecule has 0 fully saturated rings. The Labute approximate surface area is 73.0 Å². The number of aromatic nitrogens is 1. The van der Waals surface area contributed by atoms with Gasteiger partial charge in [0, 0.05) is 12.7 Å². The Hall–Kier alpha value is -1.09. The largest absolute Gasteiger partial charge is 0.384 e. The number of nitrogens with one attached hydrogen (secondary N) is 1. The highest BCUT2D eigenvalue weighted by atomic mass is 14.9. The maximum Gasteiger partial charge on any atom is 0.123 e. The topological polar surface area (TPSA) is 50.9 Å². The quantitative estimate of drug-likeness (QED) is 0.658. The first kappa shape index (κ1) is 9.00. The van der Waals surface area contributed by atoms with Gasteiger partial charge in [0.1, 0.15) is 5.82 Å². The third-order valence-corrected chi connectivity index (χ3v) is 1.60. The third kappa shape index (κ3) is 2.88. The summed E-state index contributed by atoms with van der Waals surface area (Å²) in [5, 5.41) is 3.29. The zero-order valence-corrected chi connectivity index (χ0v) is 7.38. The van der Waals surface area contributed by atoms with Gasteiger partial charge in [-0.15, -0.1) is 0 Å². The van der Waals surface area contributed by atoms with Crippen molar-refractivity contribution in [2.75, 3.05) is 12.3 Å². The van der Waals surface area contributed by atoms with E-state index in [9.17, 15) is 0 Å². The van der Waals surface area contributed by atoms with Gasteiger partial charge >= 0.3 is 0 Å². The standard InChI is InChI=1S/C9H15N3/c1-2-5-11-6-8-3-4-9(10)12-7-8/h3-4,7,11H,2,5-6H2,1H3,(H2,10,12). The molecule has 0 saturated carbocycles. The second-order valence-electron chi connectivity index (χ2n) is 2.77. The fourth-order valence-corrected chi connectivity index (χ4v) is 0.950. The van der Waals surface area contributed by atoms with Gasteiger partial charge in [-0.3, -0.25) is 0 Å². The van der Waals surface area contributed by atoms with Crippen LogP contribution < -0.4 is 11.1 Å². The zero-order chi connectivity index (χ0) is 8.81. The van der Waals surface area contributed by atoms with Crippen molar-refractivity contribution < 1.29 is 0 Å². The molecule has 0 amide bonds. The average Bonchev–Trinajstić information content (AvgIpc) is 2.09. The van der Waals surface area contributed by atoms with Crippen LogP contribution in [0.15, 0.2) is 18.3 Å². The molecule has 0 unspecified atom stereocenters. The summed E-state index contributed by atoms with van der Waals surface area (Å²) in [6.07, 6.45) is 2.96. The Balaban J connectivity index is 2.37. The van der Waals surface area contributed by atoms with Crippen LogP contribution in [-0.4, -0.2) is 11.5 Å². The van der Waals surface area contributed by atoms with Crippen molar-refractivity contribution in [3.8, 4) is 0 Å². The first-order chi connectivity index (χ1) is 5.83. The van der Waals surface area contributed by atoms with E-state index in [1.54, 1.807) is 6.20 Å². The molecule has 12 heavy (non-hydrogen) atoms. The molecule has 0 aliphatic carbocycles. The van der Waals surface area contributed by atoms with E-state index in [-0.39, 0.29) is 0 Å². The van der Waals surface area contributed by atoms with Crippen LogP contribution in [0.1, 0.15) is 18.9 Å². The fourth-order valence-electron chi connectivity index (χ4n) is 0.950. The van der Waals surface area contributed by atoms with E-state index in [2.05, 4.69) is 17.2 Å². The lowest BCUT2D eigenvalue weighted by atomic mass is 10.3. The average molecular weight is 165 g/mol. The molecule has 1 heterocycles. The van der Waals surface area contributed by atoms with Crippen LogP contribution in [0.25, 0.3) is 0 Å². The van der Waals surface area contributed by atoms with Gasteiger partial charge in [-0.1, -0.05) is 13.0 Å². The number of rotatable bonds is 4. The predicted octanol–water partition coefficient (Wildman–Crippen LogP) is 1.16. The maximum atomic E-state index is 5.45. The van der Waals surface area contributed by atoms with Gasteiger partial charge in [0.05, 0.1) is 0 Å². The molecular formula is C9H15N3. The Morgan fingerprint density at radius 2 is 2.33 bits per heavy atom. The van der Waals surface area contributed by atoms with Crippen LogP contribution in [-0.2, 0) is 6.54 Å². The molecule has 0 bridgehead atoms. The molecule has 0 aliphatic heterocycles. The molecule has 3 N–H and O–H groups in total. The van der Waals surface area contributed by atoms with E-state index in [4.69, 9.17) is 5.73 Å². The number of hydrogen-bond donors (Lipinski definition) is 2. The molecule has 0 radical (unpaired) electrons. The molecule has 3 heteroatoms. The van der Waals surface area contributed by atoms with Crippen molar-refractivity contribution in [3.63, 3.8) is 0 Å². The second kappa shape index (κ2) is 4.72. The minimum absolute atomic E-state index is 0.578. The highest BCUT2D eigenvalue weighted by Crippen LogP contribution is 2.00. The lowest BCUT2D eigenvalue weighted by Crippen LogP contribution is -2.13. The zero-order valence-electron chi connectivity index (χ0n) is 7.38. The van der Waals surface area contributed by atoms with E-state index in [0.717, 1.165) is 19.5 Å². The number of nitrogens with zero attached hydrogens (tertiary/aromatic N) is 1. The molecule has 3 nitrogen and oxygen atoms in total. The van der Waals surface area contributed by atoms with Gasteiger partial charge in [0.2, 0.25) is 0 Å². The summed E-state index contributed by atoms with van der Waals surface area (Å²) in [7, 11) is 0. The van der Waals surface area contributed by atoms with Gasteiger partial charge in [0.15, 0.2) is 0 Å². The Morgan fingerprint density at radius 1 is 1.50 bits per heavy atom. The van der Waals surface area contributed by atoms with Crippen molar-refractivity contribution in [2.45, 2.75) is 19.9 Å². The van der Waals surface area contributed by atoms with Gasteiger partial charge in [0.25, 0.3) is 0 Å². The molecule has 1 aromatic heterocycles. The molecule has 0 aliphatic rings. The summed E-state index contributed by atoms with van der Waals surface area (Å²) < 4.78 is 0. The van der Waals surface area contributed by atoms with Crippen LogP contribution in [0.4, 0.5) is 5.82 Å². The summed E-state index contributed by atoms with van der Waals surface area (Å²) in [5.41, 5.74) is 6.63. The number of hydrogen-bond acceptors (Lipinski definition) is 3. The third-order valence-electron chi connectivity index (χ3n) is 1.60. The SMILES string of the molecule is CCCNCc1ccc(N)nc1. The van der Waals surface area contributed by atoms with Crippen molar-refractivity contribution in [1.82, 2.24) is 10.3 Å². The van der Waals surface area contributed by atoms with E-state index in [1.807, 2.05) is 12.1 Å². The summed E-state index contributed by atoms with van der Waals surface area (Å²) in [4.78, 5) is 4.00. The predicted molar refractivity (Wildman–Crippen MR) is 50.6 cm³/mol. The van der Waals surface area contributed by atoms with Crippen molar-refractivity contribution in [1.29, 1.82) is 0 Å². The van der Waals surface area contributed by atoms with E-state index in [1.165, 1.54) is 5.56 Å². The van der Waals surface area contributed by atoms with E-state index < -0.39 is 0 Å². The van der Waals surface area contributed by atoms with Crippen LogP contribution in [0.2, 0.25) is 0 Å². The minimum Gasteiger partial charge on any atom is -0.384 e. The van der Waals surface area contributed by atoms with Crippen LogP contribution >= 0.6 is 0 Å². The van der Waals surface area contributed by atoms with Gasteiger partial charge in [-0.2, -0.15) is 0 Å². The monoisotopic (exact) mass is 165 g/mol. The number of nitrogen functional groups attached to an aromatic ring is 1. The Morgan fingerprint density at radius 3 is 2.92 bits per heavy atom. The second-order valence-corrected chi connectivity index (χ2v) is 2.77. The number of anilines is 1. The van der Waals surface area contributed by atoms with Crippen molar-refractivity contribution >= 4 is 5.82 Å². The van der Waals surface area contributed by atoms with Crippen molar-refractivity contribution in [2.24, 2.45) is 0 Å². The first-order valence-electron chi connectivity index (χ1n) is 4.24. The van der Waals surface area contributed by atoms with Crippen LogP contribution in [0.5, 0.6) is 0 Å². The normalized spacial score (nSPS) is 10.1. The first-order valence-corrected chi connectivity index (χ1v) is 4.24. The molecule has 1 rings (SSSR count). The summed E-state index contributed by atoms with van der Waals surface area (Å²) in [6.45, 7) is 4.07. The number of nitrogens with two attached hydrogens (primary N) is 1. The minimum atomic E-state index is 0.578. The Kier molecular flexibility index (Phi) is 3.54. The van der Waals surface area contributed by atoms with E-state index in [0.29, 0.717) is 5.82 Å². The Bertz CT molecular complexity index is 218. The molecule has 0 atom stereocenters. The summed E-state index contributed by atoms with van der Waals surface area (Å²) in [5.74, 6) is 0.578. The van der Waals surface area contributed by atoms with Gasteiger partial charge in [-0.05, 0) is 24.6 Å². The maximum absolute atomic E-state index is 5.45. The lowest BCUT2D eigenvalue weighted by molar-refractivity contribution is 0.674. The molecular weight excluding hydrogens is 150 g/mol. The summed E-state index contributed by atoms with van der Waals surface area (Å²) >= 11 is 0. The highest BCUT2D eigenvalue weighted by Gasteiger charge is 1.91.